The second-order valence-corrected chi connectivity index (χ2v) is 5.22. The molecule has 88 valence electrons. The summed E-state index contributed by atoms with van der Waals surface area (Å²) in [5.74, 6) is 0. The number of H-pyrrole nitrogens is 1. The van der Waals surface area contributed by atoms with Crippen molar-refractivity contribution in [2.45, 2.75) is 25.4 Å². The third kappa shape index (κ3) is 2.15. The summed E-state index contributed by atoms with van der Waals surface area (Å²) in [5.41, 5.74) is 4.02. The van der Waals surface area contributed by atoms with Crippen LogP contribution in [0.15, 0.2) is 34.9 Å². The van der Waals surface area contributed by atoms with Gasteiger partial charge in [-0.15, -0.1) is 0 Å². The highest BCUT2D eigenvalue weighted by Crippen LogP contribution is 2.35. The van der Waals surface area contributed by atoms with Gasteiger partial charge in [-0.2, -0.15) is 5.10 Å². The van der Waals surface area contributed by atoms with Crippen molar-refractivity contribution in [1.29, 1.82) is 0 Å². The lowest BCUT2D eigenvalue weighted by Gasteiger charge is -2.13. The number of nitrogens with zero attached hydrogens (tertiary/aromatic N) is 1. The van der Waals surface area contributed by atoms with Gasteiger partial charge in [-0.25, -0.2) is 0 Å². The molecule has 1 aromatic heterocycles. The first kappa shape index (κ1) is 11.0. The number of rotatable bonds is 3. The fourth-order valence-corrected chi connectivity index (χ4v) is 3.02. The van der Waals surface area contributed by atoms with Crippen LogP contribution in [0.5, 0.6) is 0 Å². The topological polar surface area (TPSA) is 40.7 Å². The van der Waals surface area contributed by atoms with E-state index in [0.717, 1.165) is 18.7 Å². The van der Waals surface area contributed by atoms with Crippen LogP contribution in [0.4, 0.5) is 0 Å². The lowest BCUT2D eigenvalue weighted by molar-refractivity contribution is 0.525. The zero-order valence-electron chi connectivity index (χ0n) is 9.41. The van der Waals surface area contributed by atoms with Gasteiger partial charge >= 0.3 is 0 Å². The van der Waals surface area contributed by atoms with Crippen LogP contribution in [-0.2, 0) is 13.0 Å². The van der Waals surface area contributed by atoms with E-state index in [2.05, 4.69) is 49.6 Å². The van der Waals surface area contributed by atoms with Gasteiger partial charge in [0.2, 0.25) is 0 Å². The minimum Gasteiger partial charge on any atom is -0.304 e. The predicted octanol–water partition coefficient (Wildman–Crippen LogP) is 2.95. The zero-order chi connectivity index (χ0) is 11.7. The number of halogens is 1. The summed E-state index contributed by atoms with van der Waals surface area (Å²) in [6, 6.07) is 8.92. The smallest absolute Gasteiger partial charge is 0.0490 e. The number of hydrogen-bond donors (Lipinski definition) is 2. The maximum absolute atomic E-state index is 3.95. The largest absolute Gasteiger partial charge is 0.304 e. The first-order valence-corrected chi connectivity index (χ1v) is 6.63. The third-order valence-electron chi connectivity index (χ3n) is 3.31. The Morgan fingerprint density at radius 3 is 3.18 bits per heavy atom. The van der Waals surface area contributed by atoms with Crippen molar-refractivity contribution < 1.29 is 0 Å². The quantitative estimate of drug-likeness (QED) is 0.913. The summed E-state index contributed by atoms with van der Waals surface area (Å²) < 4.78 is 1.24. The van der Waals surface area contributed by atoms with E-state index >= 15 is 0 Å². The second-order valence-electron chi connectivity index (χ2n) is 4.36. The number of hydrogen-bond acceptors (Lipinski definition) is 2. The van der Waals surface area contributed by atoms with Gasteiger partial charge in [-0.1, -0.05) is 28.1 Å². The number of fused-ring (bicyclic) bond motifs is 1. The van der Waals surface area contributed by atoms with Crippen LogP contribution >= 0.6 is 15.9 Å². The number of nitrogens with one attached hydrogen (secondary N) is 2. The highest BCUT2D eigenvalue weighted by Gasteiger charge is 2.23. The third-order valence-corrected chi connectivity index (χ3v) is 4.05. The minimum absolute atomic E-state index is 0.464. The summed E-state index contributed by atoms with van der Waals surface area (Å²) in [6.07, 6.45) is 4.11. The van der Waals surface area contributed by atoms with Gasteiger partial charge in [-0.05, 0) is 36.1 Å². The fourth-order valence-electron chi connectivity index (χ4n) is 2.44. The molecule has 0 aliphatic heterocycles. The Labute approximate surface area is 109 Å². The standard InChI is InChI=1S/C13H14BrN3/c14-12-3-1-2-11-10(12)4-5-13(11)15-8-9-6-7-16-17-9/h1-3,6-7,13,15H,4-5,8H2,(H,16,17). The fraction of sp³-hybridized carbons (Fsp3) is 0.308. The van der Waals surface area contributed by atoms with Crippen LogP contribution < -0.4 is 5.32 Å². The SMILES string of the molecule is Brc1cccc2c1CCC2NCc1ccn[nH]1. The Morgan fingerprint density at radius 2 is 2.35 bits per heavy atom. The van der Waals surface area contributed by atoms with Gasteiger partial charge in [0, 0.05) is 29.0 Å². The maximum Gasteiger partial charge on any atom is 0.0490 e. The van der Waals surface area contributed by atoms with Crippen molar-refractivity contribution >= 4 is 15.9 Å². The second kappa shape index (κ2) is 4.63. The van der Waals surface area contributed by atoms with Crippen LogP contribution in [0.3, 0.4) is 0 Å². The van der Waals surface area contributed by atoms with Gasteiger partial charge < -0.3 is 5.32 Å². The molecule has 1 heterocycles. The highest BCUT2D eigenvalue weighted by atomic mass is 79.9. The normalized spacial score (nSPS) is 18.3. The molecule has 1 aliphatic carbocycles. The van der Waals surface area contributed by atoms with Crippen LogP contribution in [-0.4, -0.2) is 10.2 Å². The van der Waals surface area contributed by atoms with Crippen molar-refractivity contribution in [2.75, 3.05) is 0 Å². The van der Waals surface area contributed by atoms with E-state index in [-0.39, 0.29) is 0 Å². The van der Waals surface area contributed by atoms with Crippen molar-refractivity contribution in [3.05, 3.63) is 51.8 Å². The zero-order valence-corrected chi connectivity index (χ0v) is 11.0. The van der Waals surface area contributed by atoms with Crippen molar-refractivity contribution in [3.8, 4) is 0 Å². The molecule has 1 aromatic carbocycles. The Bertz CT molecular complexity index is 507. The molecule has 4 heteroatoms. The summed E-state index contributed by atoms with van der Waals surface area (Å²) in [6.45, 7) is 0.844. The van der Waals surface area contributed by atoms with Crippen LogP contribution in [0.25, 0.3) is 0 Å². The average Bonchev–Trinajstić information content (AvgIpc) is 2.95. The van der Waals surface area contributed by atoms with Crippen LogP contribution in [0.1, 0.15) is 29.3 Å². The summed E-state index contributed by atoms with van der Waals surface area (Å²) >= 11 is 3.62. The van der Waals surface area contributed by atoms with E-state index in [9.17, 15) is 0 Å². The summed E-state index contributed by atoms with van der Waals surface area (Å²) in [5, 5.41) is 10.5. The van der Waals surface area contributed by atoms with Gasteiger partial charge in [0.25, 0.3) is 0 Å². The molecule has 1 atom stereocenters. The van der Waals surface area contributed by atoms with Gasteiger partial charge in [-0.3, -0.25) is 5.10 Å². The molecule has 0 saturated carbocycles. The molecule has 0 fully saturated rings. The molecular formula is C13H14BrN3. The molecule has 1 unspecified atom stereocenters. The lowest BCUT2D eigenvalue weighted by Crippen LogP contribution is -2.18. The van der Waals surface area contributed by atoms with Gasteiger partial charge in [0.05, 0.1) is 0 Å². The molecule has 2 aromatic rings. The average molecular weight is 292 g/mol. The van der Waals surface area contributed by atoms with Crippen molar-refractivity contribution in [1.82, 2.24) is 15.5 Å². The Morgan fingerprint density at radius 1 is 1.41 bits per heavy atom. The first-order valence-electron chi connectivity index (χ1n) is 5.83. The summed E-state index contributed by atoms with van der Waals surface area (Å²) in [4.78, 5) is 0. The molecule has 3 rings (SSSR count). The van der Waals surface area contributed by atoms with Crippen molar-refractivity contribution in [3.63, 3.8) is 0 Å². The van der Waals surface area contributed by atoms with E-state index in [0.29, 0.717) is 6.04 Å². The van der Waals surface area contributed by atoms with Crippen LogP contribution in [0, 0.1) is 0 Å². The molecule has 0 saturated heterocycles. The molecule has 0 amide bonds. The van der Waals surface area contributed by atoms with E-state index in [1.54, 1.807) is 6.20 Å². The monoisotopic (exact) mass is 291 g/mol. The van der Waals surface area contributed by atoms with Crippen LogP contribution in [0.2, 0.25) is 0 Å². The van der Waals surface area contributed by atoms with Gasteiger partial charge in [0.15, 0.2) is 0 Å². The van der Waals surface area contributed by atoms with Gasteiger partial charge in [0.1, 0.15) is 0 Å². The number of benzene rings is 1. The Kier molecular flexibility index (Phi) is 2.99. The highest BCUT2D eigenvalue weighted by molar-refractivity contribution is 9.10. The molecule has 3 nitrogen and oxygen atoms in total. The van der Waals surface area contributed by atoms with E-state index in [4.69, 9.17) is 0 Å². The Balaban J connectivity index is 1.73. The van der Waals surface area contributed by atoms with E-state index < -0.39 is 0 Å². The molecular weight excluding hydrogens is 278 g/mol. The lowest BCUT2D eigenvalue weighted by atomic mass is 10.1. The maximum atomic E-state index is 3.95. The summed E-state index contributed by atoms with van der Waals surface area (Å²) in [7, 11) is 0. The molecule has 0 radical (unpaired) electrons. The molecule has 0 bridgehead atoms. The number of aromatic nitrogens is 2. The molecule has 1 aliphatic rings. The number of aromatic amines is 1. The first-order chi connectivity index (χ1) is 8.34. The van der Waals surface area contributed by atoms with E-state index in [1.807, 2.05) is 6.07 Å². The Hall–Kier alpha value is -1.13. The molecule has 0 spiro atoms. The van der Waals surface area contributed by atoms with E-state index in [1.165, 1.54) is 22.0 Å². The predicted molar refractivity (Wildman–Crippen MR) is 70.6 cm³/mol. The molecule has 2 N–H and O–H groups in total. The van der Waals surface area contributed by atoms with Crippen molar-refractivity contribution in [2.24, 2.45) is 0 Å². The molecule has 17 heavy (non-hydrogen) atoms. The minimum atomic E-state index is 0.464.